The molecule has 0 radical (unpaired) electrons. The van der Waals surface area contributed by atoms with Crippen molar-refractivity contribution >= 4 is 10.9 Å². The molecule has 90 valence electrons. The van der Waals surface area contributed by atoms with E-state index in [4.69, 9.17) is 5.73 Å². The largest absolute Gasteiger partial charge is 0.393 e. The second-order valence-electron chi connectivity index (χ2n) is 5.14. The highest BCUT2D eigenvalue weighted by Gasteiger charge is 2.34. The Balaban J connectivity index is 2.03. The average Bonchev–Trinajstić information content (AvgIpc) is 2.78. The van der Waals surface area contributed by atoms with Gasteiger partial charge >= 0.3 is 0 Å². The highest BCUT2D eigenvalue weighted by Crippen LogP contribution is 2.38. The number of rotatable bonds is 1. The molecule has 1 fully saturated rings. The monoisotopic (exact) mass is 230 g/mol. The van der Waals surface area contributed by atoms with E-state index in [9.17, 15) is 5.11 Å². The summed E-state index contributed by atoms with van der Waals surface area (Å²) < 4.78 is 0. The van der Waals surface area contributed by atoms with E-state index >= 15 is 0 Å². The zero-order valence-electron chi connectivity index (χ0n) is 9.82. The number of hydrogen-bond donors (Lipinski definition) is 3. The standard InChI is InChI=1S/C14H18N2O/c15-14(7-5-10(17)6-8-14)12-9-16-13-4-2-1-3-11(12)13/h1-4,9-10,16-17H,5-8,15H2. The number of benzene rings is 1. The zero-order chi connectivity index (χ0) is 11.9. The van der Waals surface area contributed by atoms with Gasteiger partial charge in [0.05, 0.1) is 6.10 Å². The number of aliphatic hydroxyl groups excluding tert-OH is 1. The number of aromatic nitrogens is 1. The minimum atomic E-state index is -0.279. The van der Waals surface area contributed by atoms with Crippen LogP contribution in [0.15, 0.2) is 30.5 Å². The van der Waals surface area contributed by atoms with Gasteiger partial charge in [0.1, 0.15) is 0 Å². The molecule has 3 nitrogen and oxygen atoms in total. The predicted molar refractivity (Wildman–Crippen MR) is 68.6 cm³/mol. The summed E-state index contributed by atoms with van der Waals surface area (Å²) in [7, 11) is 0. The molecule has 0 amide bonds. The van der Waals surface area contributed by atoms with Crippen LogP contribution in [0.2, 0.25) is 0 Å². The fraction of sp³-hybridized carbons (Fsp3) is 0.429. The Kier molecular flexibility index (Phi) is 2.45. The number of aliphatic hydroxyl groups is 1. The van der Waals surface area contributed by atoms with Gasteiger partial charge in [-0.2, -0.15) is 0 Å². The molecule has 17 heavy (non-hydrogen) atoms. The highest BCUT2D eigenvalue weighted by molar-refractivity contribution is 5.84. The van der Waals surface area contributed by atoms with E-state index in [1.165, 1.54) is 10.9 Å². The Morgan fingerprint density at radius 2 is 1.94 bits per heavy atom. The molecule has 0 saturated heterocycles. The van der Waals surface area contributed by atoms with Gasteiger partial charge in [-0.3, -0.25) is 0 Å². The first kappa shape index (κ1) is 10.8. The number of aromatic amines is 1. The number of para-hydroxylation sites is 1. The lowest BCUT2D eigenvalue weighted by molar-refractivity contribution is 0.0973. The van der Waals surface area contributed by atoms with Crippen LogP contribution in [-0.2, 0) is 5.54 Å². The molecular formula is C14H18N2O. The number of nitrogens with one attached hydrogen (secondary N) is 1. The Morgan fingerprint density at radius 3 is 2.71 bits per heavy atom. The maximum absolute atomic E-state index is 9.59. The first-order valence-corrected chi connectivity index (χ1v) is 6.23. The molecule has 1 aliphatic rings. The van der Waals surface area contributed by atoms with Gasteiger partial charge in [0.15, 0.2) is 0 Å². The molecule has 1 aliphatic carbocycles. The number of H-pyrrole nitrogens is 1. The van der Waals surface area contributed by atoms with Crippen LogP contribution in [-0.4, -0.2) is 16.2 Å². The maximum atomic E-state index is 9.59. The summed E-state index contributed by atoms with van der Waals surface area (Å²) in [6.07, 6.45) is 5.18. The quantitative estimate of drug-likeness (QED) is 0.703. The van der Waals surface area contributed by atoms with Crippen LogP contribution < -0.4 is 5.73 Å². The molecule has 0 atom stereocenters. The summed E-state index contributed by atoms with van der Waals surface area (Å²) in [6.45, 7) is 0. The normalized spacial score (nSPS) is 29.6. The van der Waals surface area contributed by atoms with Crippen LogP contribution in [0.3, 0.4) is 0 Å². The summed E-state index contributed by atoms with van der Waals surface area (Å²) in [5.74, 6) is 0. The van der Waals surface area contributed by atoms with Gasteiger partial charge in [-0.1, -0.05) is 18.2 Å². The lowest BCUT2D eigenvalue weighted by atomic mass is 9.76. The Hall–Kier alpha value is -1.32. The number of hydrogen-bond acceptors (Lipinski definition) is 2. The van der Waals surface area contributed by atoms with Crippen molar-refractivity contribution < 1.29 is 5.11 Å². The van der Waals surface area contributed by atoms with E-state index in [0.717, 1.165) is 31.2 Å². The van der Waals surface area contributed by atoms with Crippen molar-refractivity contribution in [1.29, 1.82) is 0 Å². The van der Waals surface area contributed by atoms with Crippen molar-refractivity contribution in [2.24, 2.45) is 5.73 Å². The first-order chi connectivity index (χ1) is 8.19. The van der Waals surface area contributed by atoms with Gasteiger partial charge in [-0.25, -0.2) is 0 Å². The molecular weight excluding hydrogens is 212 g/mol. The molecule has 1 aromatic heterocycles. The third-order valence-electron chi connectivity index (χ3n) is 3.97. The second kappa shape index (κ2) is 3.86. The fourth-order valence-electron chi connectivity index (χ4n) is 2.87. The van der Waals surface area contributed by atoms with Crippen molar-refractivity contribution in [2.45, 2.75) is 37.3 Å². The minimum Gasteiger partial charge on any atom is -0.393 e. The maximum Gasteiger partial charge on any atom is 0.0541 e. The van der Waals surface area contributed by atoms with E-state index < -0.39 is 0 Å². The van der Waals surface area contributed by atoms with Crippen LogP contribution in [0.5, 0.6) is 0 Å². The summed E-state index contributed by atoms with van der Waals surface area (Å²) in [4.78, 5) is 3.28. The van der Waals surface area contributed by atoms with E-state index in [-0.39, 0.29) is 11.6 Å². The molecule has 1 heterocycles. The Bertz CT molecular complexity index is 524. The summed E-state index contributed by atoms with van der Waals surface area (Å²) in [5, 5.41) is 10.8. The molecule has 0 aliphatic heterocycles. The lowest BCUT2D eigenvalue weighted by Crippen LogP contribution is -2.41. The summed E-state index contributed by atoms with van der Waals surface area (Å²) >= 11 is 0. The summed E-state index contributed by atoms with van der Waals surface area (Å²) in [5.41, 5.74) is 8.57. The molecule has 3 heteroatoms. The van der Waals surface area contributed by atoms with Crippen molar-refractivity contribution in [2.75, 3.05) is 0 Å². The van der Waals surface area contributed by atoms with Crippen LogP contribution in [0.4, 0.5) is 0 Å². The smallest absolute Gasteiger partial charge is 0.0541 e. The van der Waals surface area contributed by atoms with Crippen molar-refractivity contribution in [1.82, 2.24) is 4.98 Å². The highest BCUT2D eigenvalue weighted by atomic mass is 16.3. The molecule has 0 bridgehead atoms. The van der Waals surface area contributed by atoms with Gasteiger partial charge in [-0.05, 0) is 37.3 Å². The van der Waals surface area contributed by atoms with Crippen LogP contribution in [0, 0.1) is 0 Å². The SMILES string of the molecule is NC1(c2c[nH]c3ccccc23)CCC(O)CC1. The molecule has 0 spiro atoms. The van der Waals surface area contributed by atoms with Gasteiger partial charge in [-0.15, -0.1) is 0 Å². The lowest BCUT2D eigenvalue weighted by Gasteiger charge is -2.35. The second-order valence-corrected chi connectivity index (χ2v) is 5.14. The van der Waals surface area contributed by atoms with Crippen molar-refractivity contribution in [3.8, 4) is 0 Å². The first-order valence-electron chi connectivity index (χ1n) is 6.23. The van der Waals surface area contributed by atoms with Gasteiger partial charge < -0.3 is 15.8 Å². The van der Waals surface area contributed by atoms with E-state index in [1.807, 2.05) is 18.3 Å². The molecule has 1 aromatic carbocycles. The van der Waals surface area contributed by atoms with Crippen molar-refractivity contribution in [3.05, 3.63) is 36.0 Å². The minimum absolute atomic E-state index is 0.170. The molecule has 0 unspecified atom stereocenters. The fourth-order valence-corrected chi connectivity index (χ4v) is 2.87. The third kappa shape index (κ3) is 1.75. The third-order valence-corrected chi connectivity index (χ3v) is 3.97. The van der Waals surface area contributed by atoms with Gasteiger partial charge in [0, 0.05) is 22.6 Å². The molecule has 3 rings (SSSR count). The van der Waals surface area contributed by atoms with E-state index in [1.54, 1.807) is 0 Å². The number of nitrogens with two attached hydrogens (primary N) is 1. The van der Waals surface area contributed by atoms with Gasteiger partial charge in [0.2, 0.25) is 0 Å². The Morgan fingerprint density at radius 1 is 1.24 bits per heavy atom. The van der Waals surface area contributed by atoms with Crippen LogP contribution >= 0.6 is 0 Å². The van der Waals surface area contributed by atoms with Crippen LogP contribution in [0.25, 0.3) is 10.9 Å². The van der Waals surface area contributed by atoms with Crippen molar-refractivity contribution in [3.63, 3.8) is 0 Å². The van der Waals surface area contributed by atoms with E-state index in [0.29, 0.717) is 0 Å². The van der Waals surface area contributed by atoms with Gasteiger partial charge in [0.25, 0.3) is 0 Å². The molecule has 4 N–H and O–H groups in total. The number of fused-ring (bicyclic) bond motifs is 1. The molecule has 2 aromatic rings. The topological polar surface area (TPSA) is 62.0 Å². The Labute approximate surface area is 101 Å². The summed E-state index contributed by atoms with van der Waals surface area (Å²) in [6, 6.07) is 8.25. The van der Waals surface area contributed by atoms with Crippen LogP contribution in [0.1, 0.15) is 31.2 Å². The van der Waals surface area contributed by atoms with E-state index in [2.05, 4.69) is 17.1 Å². The zero-order valence-corrected chi connectivity index (χ0v) is 9.82. The predicted octanol–water partition coefficient (Wildman–Crippen LogP) is 2.26. The molecule has 1 saturated carbocycles. The average molecular weight is 230 g/mol.